The molecule has 2 saturated heterocycles. The van der Waals surface area contributed by atoms with Crippen molar-refractivity contribution in [2.24, 2.45) is 5.92 Å². The van der Waals surface area contributed by atoms with Gasteiger partial charge in [0, 0.05) is 37.2 Å². The lowest BCUT2D eigenvalue weighted by Crippen LogP contribution is -2.55. The highest BCUT2D eigenvalue weighted by Gasteiger charge is 2.48. The second-order valence-electron chi connectivity index (χ2n) is 8.17. The van der Waals surface area contributed by atoms with Crippen molar-refractivity contribution in [2.75, 3.05) is 19.6 Å². The number of rotatable bonds is 3. The Morgan fingerprint density at radius 1 is 1.31 bits per heavy atom. The summed E-state index contributed by atoms with van der Waals surface area (Å²) in [6.07, 6.45) is 2.23. The van der Waals surface area contributed by atoms with Gasteiger partial charge in [-0.2, -0.15) is 0 Å². The Bertz CT molecular complexity index is 925. The molecule has 7 heteroatoms. The summed E-state index contributed by atoms with van der Waals surface area (Å²) in [7, 11) is 0. The molecule has 1 N–H and O–H groups in total. The fourth-order valence-electron chi connectivity index (χ4n) is 5.11. The van der Waals surface area contributed by atoms with Crippen molar-refractivity contribution in [2.45, 2.75) is 44.8 Å². The Balaban J connectivity index is 1.34. The summed E-state index contributed by atoms with van der Waals surface area (Å²) in [5.74, 6) is 1.63. The zero-order valence-corrected chi connectivity index (χ0v) is 16.6. The van der Waals surface area contributed by atoms with E-state index >= 15 is 0 Å². The number of aromatic nitrogens is 1. The molecule has 0 aliphatic carbocycles. The highest BCUT2D eigenvalue weighted by molar-refractivity contribution is 5.85. The maximum atomic E-state index is 13.4. The second kappa shape index (κ2) is 7.30. The van der Waals surface area contributed by atoms with E-state index in [0.29, 0.717) is 31.9 Å². The minimum absolute atomic E-state index is 0.000635. The number of fused-ring (bicyclic) bond motifs is 2. The van der Waals surface area contributed by atoms with E-state index in [9.17, 15) is 9.59 Å². The Labute approximate surface area is 170 Å². The third-order valence-corrected chi connectivity index (χ3v) is 6.48. The molecule has 1 aromatic carbocycles. The molecular formula is C22H26N4O3. The molecule has 29 heavy (non-hydrogen) atoms. The molecule has 152 valence electrons. The van der Waals surface area contributed by atoms with Crippen molar-refractivity contribution in [1.82, 2.24) is 20.1 Å². The van der Waals surface area contributed by atoms with Crippen LogP contribution < -0.4 is 5.32 Å². The van der Waals surface area contributed by atoms with Gasteiger partial charge in [0.25, 0.3) is 0 Å². The summed E-state index contributed by atoms with van der Waals surface area (Å²) in [5, 5.41) is 3.18. The van der Waals surface area contributed by atoms with E-state index in [1.165, 1.54) is 0 Å². The van der Waals surface area contributed by atoms with Gasteiger partial charge in [0.15, 0.2) is 0 Å². The third kappa shape index (κ3) is 3.13. The van der Waals surface area contributed by atoms with Crippen molar-refractivity contribution < 1.29 is 14.0 Å². The van der Waals surface area contributed by atoms with Gasteiger partial charge in [0.1, 0.15) is 11.5 Å². The molecule has 0 radical (unpaired) electrons. The molecule has 3 atom stereocenters. The molecule has 0 saturated carbocycles. The predicted molar refractivity (Wildman–Crippen MR) is 107 cm³/mol. The number of hydrogen-bond acceptors (Lipinski definition) is 5. The smallest absolute Gasteiger partial charge is 0.237 e. The van der Waals surface area contributed by atoms with Gasteiger partial charge in [-0.05, 0) is 25.0 Å². The number of carbonyl (C=O) groups is 2. The first kappa shape index (κ1) is 18.4. The summed E-state index contributed by atoms with van der Waals surface area (Å²) in [6.45, 7) is 4.34. The fraction of sp³-hybridized carbons (Fsp3) is 0.500. The van der Waals surface area contributed by atoms with Gasteiger partial charge in [-0.3, -0.25) is 9.59 Å². The molecule has 2 aromatic rings. The monoisotopic (exact) mass is 394 g/mol. The number of benzene rings is 1. The number of amides is 2. The van der Waals surface area contributed by atoms with Gasteiger partial charge in [-0.25, -0.2) is 4.98 Å². The van der Waals surface area contributed by atoms with Crippen LogP contribution in [0.2, 0.25) is 0 Å². The van der Waals surface area contributed by atoms with Crippen LogP contribution in [0, 0.1) is 5.92 Å². The summed E-state index contributed by atoms with van der Waals surface area (Å²) < 4.78 is 5.97. The van der Waals surface area contributed by atoms with Gasteiger partial charge in [0.05, 0.1) is 19.0 Å². The predicted octanol–water partition coefficient (Wildman–Crippen LogP) is 1.83. The number of carbonyl (C=O) groups excluding carboxylic acids is 2. The Kier molecular flexibility index (Phi) is 4.62. The topological polar surface area (TPSA) is 78.7 Å². The highest BCUT2D eigenvalue weighted by atomic mass is 16.4. The Hall–Kier alpha value is -2.67. The van der Waals surface area contributed by atoms with Crippen LogP contribution in [-0.2, 0) is 22.6 Å². The largest absolute Gasteiger partial charge is 0.441 e. The SMILES string of the molecule is CC[C@@H]1[C@H](C(=O)N2CCc3oc(-c4ccccc4)nc3C2)C[C@@H]2CNCC(=O)N21. The highest BCUT2D eigenvalue weighted by Crippen LogP contribution is 2.35. The number of nitrogens with one attached hydrogen (secondary N) is 1. The van der Waals surface area contributed by atoms with E-state index in [0.717, 1.165) is 36.4 Å². The van der Waals surface area contributed by atoms with Crippen molar-refractivity contribution >= 4 is 11.8 Å². The van der Waals surface area contributed by atoms with E-state index in [-0.39, 0.29) is 29.8 Å². The molecule has 3 aliphatic heterocycles. The summed E-state index contributed by atoms with van der Waals surface area (Å²) in [4.78, 5) is 34.4. The van der Waals surface area contributed by atoms with Gasteiger partial charge in [0.2, 0.25) is 17.7 Å². The third-order valence-electron chi connectivity index (χ3n) is 6.48. The molecule has 0 spiro atoms. The maximum Gasteiger partial charge on any atom is 0.237 e. The Morgan fingerprint density at radius 2 is 2.14 bits per heavy atom. The maximum absolute atomic E-state index is 13.4. The molecule has 0 bridgehead atoms. The molecule has 3 aliphatic rings. The number of piperazine rings is 1. The molecule has 7 nitrogen and oxygen atoms in total. The van der Waals surface area contributed by atoms with Crippen LogP contribution in [0.3, 0.4) is 0 Å². The van der Waals surface area contributed by atoms with Crippen LogP contribution in [-0.4, -0.2) is 58.3 Å². The zero-order valence-electron chi connectivity index (χ0n) is 16.6. The summed E-state index contributed by atoms with van der Waals surface area (Å²) in [6, 6.07) is 9.98. The van der Waals surface area contributed by atoms with Crippen LogP contribution in [0.4, 0.5) is 0 Å². The molecule has 2 fully saturated rings. The van der Waals surface area contributed by atoms with Gasteiger partial charge in [-0.1, -0.05) is 25.1 Å². The van der Waals surface area contributed by atoms with Crippen LogP contribution in [0.5, 0.6) is 0 Å². The fourth-order valence-corrected chi connectivity index (χ4v) is 5.11. The van der Waals surface area contributed by atoms with Crippen molar-refractivity contribution in [1.29, 1.82) is 0 Å². The van der Waals surface area contributed by atoms with E-state index in [1.54, 1.807) is 0 Å². The van der Waals surface area contributed by atoms with Crippen molar-refractivity contribution in [3.05, 3.63) is 41.8 Å². The summed E-state index contributed by atoms with van der Waals surface area (Å²) in [5.41, 5.74) is 1.80. The minimum atomic E-state index is -0.129. The average Bonchev–Trinajstić information content (AvgIpc) is 3.35. The Morgan fingerprint density at radius 3 is 2.93 bits per heavy atom. The molecule has 4 heterocycles. The van der Waals surface area contributed by atoms with Crippen molar-refractivity contribution in [3.63, 3.8) is 0 Å². The van der Waals surface area contributed by atoms with Crippen LogP contribution >= 0.6 is 0 Å². The molecular weight excluding hydrogens is 368 g/mol. The van der Waals surface area contributed by atoms with Crippen LogP contribution in [0.1, 0.15) is 31.2 Å². The number of oxazole rings is 1. The first-order chi connectivity index (χ1) is 14.2. The lowest BCUT2D eigenvalue weighted by atomic mass is 9.94. The normalized spacial score (nSPS) is 26.4. The quantitative estimate of drug-likeness (QED) is 0.859. The van der Waals surface area contributed by atoms with Crippen molar-refractivity contribution in [3.8, 4) is 11.5 Å². The van der Waals surface area contributed by atoms with Crippen LogP contribution in [0.25, 0.3) is 11.5 Å². The lowest BCUT2D eigenvalue weighted by Gasteiger charge is -2.35. The second-order valence-corrected chi connectivity index (χ2v) is 8.17. The molecule has 2 amide bonds. The van der Waals surface area contributed by atoms with E-state index in [1.807, 2.05) is 40.1 Å². The van der Waals surface area contributed by atoms with E-state index in [4.69, 9.17) is 4.42 Å². The zero-order chi connectivity index (χ0) is 20.0. The first-order valence-corrected chi connectivity index (χ1v) is 10.5. The molecule has 0 unspecified atom stereocenters. The van der Waals surface area contributed by atoms with E-state index < -0.39 is 0 Å². The average molecular weight is 394 g/mol. The van der Waals surface area contributed by atoms with Gasteiger partial charge < -0.3 is 19.5 Å². The number of nitrogens with zero attached hydrogens (tertiary/aromatic N) is 3. The van der Waals surface area contributed by atoms with E-state index in [2.05, 4.69) is 17.2 Å². The molecule has 1 aromatic heterocycles. The molecule has 5 rings (SSSR count). The standard InChI is InChI=1S/C22H26N4O3/c1-2-18-16(10-15-11-23-12-20(27)26(15)18)22(28)25-9-8-19-17(13-25)24-21(29-19)14-6-4-3-5-7-14/h3-7,15-16,18,23H,2,8-13H2,1H3/t15-,16-,18-/m1/s1. The lowest BCUT2D eigenvalue weighted by molar-refractivity contribution is -0.139. The summed E-state index contributed by atoms with van der Waals surface area (Å²) >= 11 is 0. The first-order valence-electron chi connectivity index (χ1n) is 10.5. The number of hydrogen-bond donors (Lipinski definition) is 1. The van der Waals surface area contributed by atoms with Gasteiger partial charge >= 0.3 is 0 Å². The minimum Gasteiger partial charge on any atom is -0.441 e. The van der Waals surface area contributed by atoms with Crippen LogP contribution in [0.15, 0.2) is 34.7 Å². The van der Waals surface area contributed by atoms with Gasteiger partial charge in [-0.15, -0.1) is 0 Å².